The van der Waals surface area contributed by atoms with Crippen LogP contribution in [0.3, 0.4) is 0 Å². The number of hydrogen-bond acceptors (Lipinski definition) is 4. The van der Waals surface area contributed by atoms with Gasteiger partial charge in [0.25, 0.3) is 10.0 Å². The lowest BCUT2D eigenvalue weighted by Gasteiger charge is -2.07. The Hall–Kier alpha value is -1.44. The van der Waals surface area contributed by atoms with Crippen molar-refractivity contribution in [2.75, 3.05) is 4.72 Å². The van der Waals surface area contributed by atoms with Crippen LogP contribution < -0.4 is 10.0 Å². The number of para-hydroxylation sites is 1. The second-order valence-electron chi connectivity index (χ2n) is 4.89. The number of anilines is 1. The fraction of sp³-hybridized carbons (Fsp3) is 0.286. The van der Waals surface area contributed by atoms with Gasteiger partial charge in [0.05, 0.1) is 5.69 Å². The van der Waals surface area contributed by atoms with Crippen molar-refractivity contribution in [3.8, 4) is 0 Å². The molecule has 0 saturated carbocycles. The van der Waals surface area contributed by atoms with Crippen molar-refractivity contribution in [1.29, 1.82) is 0 Å². The molecule has 0 unspecified atom stereocenters. The van der Waals surface area contributed by atoms with Crippen molar-refractivity contribution in [2.45, 2.75) is 30.6 Å². The monoisotopic (exact) mass is 328 g/mol. The zero-order valence-corrected chi connectivity index (χ0v) is 13.4. The summed E-state index contributed by atoms with van der Waals surface area (Å²) >= 11 is 1.12. The van der Waals surface area contributed by atoms with Crippen LogP contribution in [0.4, 0.5) is 10.1 Å². The lowest BCUT2D eigenvalue weighted by Crippen LogP contribution is -2.21. The van der Waals surface area contributed by atoms with Gasteiger partial charge in [-0.15, -0.1) is 11.3 Å². The van der Waals surface area contributed by atoms with Gasteiger partial charge in [0.2, 0.25) is 0 Å². The van der Waals surface area contributed by atoms with Crippen molar-refractivity contribution in [3.63, 3.8) is 0 Å². The van der Waals surface area contributed by atoms with Gasteiger partial charge in [0.15, 0.2) is 0 Å². The summed E-state index contributed by atoms with van der Waals surface area (Å²) in [7, 11) is -3.75. The third kappa shape index (κ3) is 4.26. The third-order valence-corrected chi connectivity index (χ3v) is 5.58. The summed E-state index contributed by atoms with van der Waals surface area (Å²) in [5, 5.41) is 5.00. The van der Waals surface area contributed by atoms with E-state index in [1.807, 2.05) is 13.8 Å². The largest absolute Gasteiger partial charge is 0.310 e. The molecule has 0 atom stereocenters. The second-order valence-corrected chi connectivity index (χ2v) is 7.72. The first-order chi connectivity index (χ1) is 9.88. The maximum absolute atomic E-state index is 13.5. The smallest absolute Gasteiger partial charge is 0.271 e. The van der Waals surface area contributed by atoms with Gasteiger partial charge in [-0.1, -0.05) is 26.0 Å². The zero-order valence-electron chi connectivity index (χ0n) is 11.8. The topological polar surface area (TPSA) is 58.2 Å². The van der Waals surface area contributed by atoms with E-state index in [0.29, 0.717) is 12.6 Å². The zero-order chi connectivity index (χ0) is 15.5. The van der Waals surface area contributed by atoms with Crippen LogP contribution in [0.5, 0.6) is 0 Å². The van der Waals surface area contributed by atoms with Crippen LogP contribution in [-0.2, 0) is 16.6 Å². The molecule has 0 aliphatic heterocycles. The highest BCUT2D eigenvalue weighted by Gasteiger charge is 2.18. The summed E-state index contributed by atoms with van der Waals surface area (Å²) in [6.45, 7) is 4.64. The van der Waals surface area contributed by atoms with Crippen LogP contribution in [0.25, 0.3) is 0 Å². The molecule has 0 spiro atoms. The predicted molar refractivity (Wildman–Crippen MR) is 83.5 cm³/mol. The molecule has 0 bridgehead atoms. The van der Waals surface area contributed by atoms with Gasteiger partial charge in [-0.2, -0.15) is 0 Å². The molecule has 0 radical (unpaired) electrons. The van der Waals surface area contributed by atoms with Gasteiger partial charge in [0.1, 0.15) is 10.0 Å². The van der Waals surface area contributed by atoms with E-state index in [-0.39, 0.29) is 9.90 Å². The first-order valence-electron chi connectivity index (χ1n) is 6.46. The second kappa shape index (κ2) is 6.55. The minimum absolute atomic E-state index is 0.0484. The van der Waals surface area contributed by atoms with Gasteiger partial charge >= 0.3 is 0 Å². The molecule has 1 aromatic carbocycles. The van der Waals surface area contributed by atoms with Gasteiger partial charge in [-0.3, -0.25) is 4.72 Å². The van der Waals surface area contributed by atoms with Gasteiger partial charge in [0, 0.05) is 12.6 Å². The van der Waals surface area contributed by atoms with Crippen molar-refractivity contribution < 1.29 is 12.8 Å². The molecule has 2 rings (SSSR count). The van der Waals surface area contributed by atoms with Crippen molar-refractivity contribution >= 4 is 27.0 Å². The number of thiophene rings is 1. The van der Waals surface area contributed by atoms with E-state index >= 15 is 0 Å². The Morgan fingerprint density at radius 2 is 2.00 bits per heavy atom. The Labute approximate surface area is 128 Å². The van der Waals surface area contributed by atoms with Crippen LogP contribution in [0.2, 0.25) is 0 Å². The third-order valence-electron chi connectivity index (χ3n) is 2.73. The lowest BCUT2D eigenvalue weighted by molar-refractivity contribution is 0.588. The minimum atomic E-state index is -3.75. The van der Waals surface area contributed by atoms with Crippen LogP contribution in [0.1, 0.15) is 19.4 Å². The molecule has 0 fully saturated rings. The standard InChI is InChI=1S/C14H17FN2O2S2/c1-10(2)16-8-11-7-14(20-9-11)21(18,19)17-13-6-4-3-5-12(13)15/h3-7,9-10,16-17H,8H2,1-2H3. The average Bonchev–Trinajstić information content (AvgIpc) is 2.88. The first-order valence-corrected chi connectivity index (χ1v) is 8.83. The molecule has 0 amide bonds. The highest BCUT2D eigenvalue weighted by Crippen LogP contribution is 2.24. The van der Waals surface area contributed by atoms with E-state index in [4.69, 9.17) is 0 Å². The van der Waals surface area contributed by atoms with Gasteiger partial charge in [-0.05, 0) is 29.1 Å². The van der Waals surface area contributed by atoms with Crippen LogP contribution >= 0.6 is 11.3 Å². The number of halogens is 1. The number of benzene rings is 1. The molecule has 2 aromatic rings. The maximum atomic E-state index is 13.5. The summed E-state index contributed by atoms with van der Waals surface area (Å²) in [6, 6.07) is 7.61. The van der Waals surface area contributed by atoms with Crippen molar-refractivity contribution in [1.82, 2.24) is 5.32 Å². The fourth-order valence-electron chi connectivity index (χ4n) is 1.65. The van der Waals surface area contributed by atoms with E-state index in [2.05, 4.69) is 10.0 Å². The van der Waals surface area contributed by atoms with Crippen molar-refractivity contribution in [2.24, 2.45) is 0 Å². The Balaban J connectivity index is 2.15. The number of rotatable bonds is 6. The number of hydrogen-bond donors (Lipinski definition) is 2. The Morgan fingerprint density at radius 3 is 2.67 bits per heavy atom. The molecule has 1 heterocycles. The summed E-state index contributed by atoms with van der Waals surface area (Å²) in [4.78, 5) is 0. The molecular formula is C14H17FN2O2S2. The first kappa shape index (κ1) is 15.9. The predicted octanol–water partition coefficient (Wildman–Crippen LogP) is 3.19. The normalized spacial score (nSPS) is 11.8. The minimum Gasteiger partial charge on any atom is -0.310 e. The summed E-state index contributed by atoms with van der Waals surface area (Å²) in [6.07, 6.45) is 0. The molecule has 0 saturated heterocycles. The number of sulfonamides is 1. The molecular weight excluding hydrogens is 311 g/mol. The Kier molecular flexibility index (Phi) is 4.97. The quantitative estimate of drug-likeness (QED) is 0.856. The van der Waals surface area contributed by atoms with E-state index in [0.717, 1.165) is 16.9 Å². The molecule has 2 N–H and O–H groups in total. The summed E-state index contributed by atoms with van der Waals surface area (Å²) in [5.41, 5.74) is 0.843. The Morgan fingerprint density at radius 1 is 1.29 bits per heavy atom. The number of nitrogens with one attached hydrogen (secondary N) is 2. The van der Waals surface area contributed by atoms with Crippen LogP contribution in [-0.4, -0.2) is 14.5 Å². The molecule has 1 aromatic heterocycles. The van der Waals surface area contributed by atoms with E-state index in [1.54, 1.807) is 17.5 Å². The highest BCUT2D eigenvalue weighted by molar-refractivity contribution is 7.94. The molecule has 0 aliphatic carbocycles. The summed E-state index contributed by atoms with van der Waals surface area (Å²) < 4.78 is 40.4. The average molecular weight is 328 g/mol. The highest BCUT2D eigenvalue weighted by atomic mass is 32.2. The summed E-state index contributed by atoms with van der Waals surface area (Å²) in [5.74, 6) is -0.598. The molecule has 0 aliphatic rings. The van der Waals surface area contributed by atoms with Gasteiger partial charge in [-0.25, -0.2) is 12.8 Å². The SMILES string of the molecule is CC(C)NCc1csc(S(=O)(=O)Nc2ccccc2F)c1. The lowest BCUT2D eigenvalue weighted by atomic mass is 10.3. The molecule has 21 heavy (non-hydrogen) atoms. The maximum Gasteiger partial charge on any atom is 0.271 e. The van der Waals surface area contributed by atoms with Crippen molar-refractivity contribution in [3.05, 3.63) is 47.1 Å². The Bertz CT molecular complexity index is 711. The van der Waals surface area contributed by atoms with Crippen LogP contribution in [0, 0.1) is 5.82 Å². The molecule has 4 nitrogen and oxygen atoms in total. The van der Waals surface area contributed by atoms with Crippen LogP contribution in [0.15, 0.2) is 39.9 Å². The molecule has 7 heteroatoms. The van der Waals surface area contributed by atoms with E-state index in [9.17, 15) is 12.8 Å². The molecule has 114 valence electrons. The fourth-order valence-corrected chi connectivity index (χ4v) is 3.92. The van der Waals surface area contributed by atoms with E-state index < -0.39 is 15.8 Å². The van der Waals surface area contributed by atoms with E-state index in [1.165, 1.54) is 18.2 Å². The van der Waals surface area contributed by atoms with Gasteiger partial charge < -0.3 is 5.32 Å².